The number of hydrogen-bond donors (Lipinski definition) is 1. The van der Waals surface area contributed by atoms with Gasteiger partial charge in [0.15, 0.2) is 0 Å². The van der Waals surface area contributed by atoms with Gasteiger partial charge in [0.1, 0.15) is 0 Å². The van der Waals surface area contributed by atoms with Gasteiger partial charge in [-0.05, 0) is 4.99 Å². The number of rotatable bonds is 3. The van der Waals surface area contributed by atoms with Crippen LogP contribution in [-0.2, 0) is 4.79 Å². The number of hydrogen-bond acceptors (Lipinski definition) is 1. The van der Waals surface area contributed by atoms with E-state index in [0.29, 0.717) is 6.54 Å². The Morgan fingerprint density at radius 1 is 1.88 bits per heavy atom. The highest BCUT2D eigenvalue weighted by Crippen LogP contribution is 2.04. The Labute approximate surface area is 64.6 Å². The standard InChI is InChI=1S/C4H4Br2NO/c5-1-4(6)2-7-3-8/h1H,2H2,(H,7,8)/b4-1-. The van der Waals surface area contributed by atoms with Gasteiger partial charge in [0.05, 0.1) is 6.54 Å². The molecule has 0 heterocycles. The summed E-state index contributed by atoms with van der Waals surface area (Å²) in [7, 11) is 0. The molecule has 0 saturated heterocycles. The van der Waals surface area contributed by atoms with Gasteiger partial charge in [-0.25, -0.2) is 0 Å². The molecule has 0 aromatic heterocycles. The highest BCUT2D eigenvalue weighted by atomic mass is 79.9. The Balaban J connectivity index is 3.24. The maximum Gasteiger partial charge on any atom is 0.309 e. The van der Waals surface area contributed by atoms with E-state index in [-0.39, 0.29) is 0 Å². The molecule has 45 valence electrons. The molecule has 0 rings (SSSR count). The van der Waals surface area contributed by atoms with Crippen molar-refractivity contribution in [3.8, 4) is 0 Å². The Bertz CT molecular complexity index is 102. The summed E-state index contributed by atoms with van der Waals surface area (Å²) >= 11 is 6.22. The van der Waals surface area contributed by atoms with Crippen molar-refractivity contribution in [2.75, 3.05) is 6.54 Å². The fourth-order valence-electron chi connectivity index (χ4n) is 0.159. The molecule has 0 atom stereocenters. The van der Waals surface area contributed by atoms with Crippen LogP contribution in [0, 0.1) is 0 Å². The van der Waals surface area contributed by atoms with Crippen LogP contribution in [0.5, 0.6) is 0 Å². The van der Waals surface area contributed by atoms with Crippen LogP contribution >= 0.6 is 31.9 Å². The number of amides is 1. The molecule has 0 bridgehead atoms. The minimum Gasteiger partial charge on any atom is -0.343 e. The average molecular weight is 242 g/mol. The number of halogens is 2. The first-order valence-corrected chi connectivity index (χ1v) is 3.57. The lowest BCUT2D eigenvalue weighted by Gasteiger charge is -1.90. The van der Waals surface area contributed by atoms with Crippen LogP contribution in [0.15, 0.2) is 9.47 Å². The fraction of sp³-hybridized carbons (Fsp3) is 0.250. The van der Waals surface area contributed by atoms with Crippen LogP contribution in [0.3, 0.4) is 0 Å². The molecule has 0 aliphatic carbocycles. The summed E-state index contributed by atoms with van der Waals surface area (Å²) in [5.41, 5.74) is 0. The molecule has 8 heavy (non-hydrogen) atoms. The van der Waals surface area contributed by atoms with E-state index < -0.39 is 0 Å². The predicted octanol–water partition coefficient (Wildman–Crippen LogP) is 1.27. The van der Waals surface area contributed by atoms with Gasteiger partial charge in [0.2, 0.25) is 0 Å². The Hall–Kier alpha value is 0.170. The maximum absolute atomic E-state index is 9.53. The third-order valence-corrected chi connectivity index (χ3v) is 2.12. The van der Waals surface area contributed by atoms with Gasteiger partial charge >= 0.3 is 6.41 Å². The summed E-state index contributed by atoms with van der Waals surface area (Å²) in [4.78, 5) is 11.2. The van der Waals surface area contributed by atoms with Crippen molar-refractivity contribution in [2.45, 2.75) is 0 Å². The largest absolute Gasteiger partial charge is 0.343 e. The third kappa shape index (κ3) is 4.33. The first kappa shape index (κ1) is 8.17. The number of nitrogens with one attached hydrogen (secondary N) is 1. The minimum absolute atomic E-state index is 0.481. The van der Waals surface area contributed by atoms with Crippen LogP contribution in [0.2, 0.25) is 0 Å². The van der Waals surface area contributed by atoms with Crippen molar-refractivity contribution in [3.05, 3.63) is 9.47 Å². The summed E-state index contributed by atoms with van der Waals surface area (Å²) in [6.07, 6.45) is 1.54. The molecule has 0 aliphatic rings. The van der Waals surface area contributed by atoms with Gasteiger partial charge in [-0.2, -0.15) is 0 Å². The molecular weight excluding hydrogens is 238 g/mol. The van der Waals surface area contributed by atoms with Crippen LogP contribution in [0.4, 0.5) is 0 Å². The second-order valence-corrected chi connectivity index (χ2v) is 2.49. The van der Waals surface area contributed by atoms with E-state index in [0.717, 1.165) is 4.48 Å². The van der Waals surface area contributed by atoms with Crippen molar-refractivity contribution >= 4 is 38.3 Å². The number of carbonyl (C=O) groups excluding carboxylic acids is 1. The van der Waals surface area contributed by atoms with E-state index in [2.05, 4.69) is 37.2 Å². The molecule has 1 radical (unpaired) electrons. The molecule has 1 amide bonds. The Morgan fingerprint density at radius 2 is 2.50 bits per heavy atom. The van der Waals surface area contributed by atoms with Crippen molar-refractivity contribution in [3.63, 3.8) is 0 Å². The molecular formula is C4H4Br2NO. The zero-order valence-corrected chi connectivity index (χ0v) is 7.12. The second-order valence-electron chi connectivity index (χ2n) is 1.01. The predicted molar refractivity (Wildman–Crippen MR) is 39.6 cm³/mol. The maximum atomic E-state index is 9.53. The van der Waals surface area contributed by atoms with Crippen molar-refractivity contribution in [1.82, 2.24) is 5.32 Å². The normalized spacial score (nSPS) is 11.0. The van der Waals surface area contributed by atoms with Crippen LogP contribution < -0.4 is 5.32 Å². The van der Waals surface area contributed by atoms with E-state index in [9.17, 15) is 4.79 Å². The summed E-state index contributed by atoms with van der Waals surface area (Å²) in [6, 6.07) is 0. The summed E-state index contributed by atoms with van der Waals surface area (Å²) < 4.78 is 0.876. The summed E-state index contributed by atoms with van der Waals surface area (Å²) in [5.74, 6) is 0. The molecule has 0 aromatic rings. The minimum atomic E-state index is 0.481. The zero-order chi connectivity index (χ0) is 6.41. The van der Waals surface area contributed by atoms with Crippen molar-refractivity contribution in [2.24, 2.45) is 0 Å². The molecule has 0 aromatic carbocycles. The van der Waals surface area contributed by atoms with E-state index in [1.54, 1.807) is 11.4 Å². The second kappa shape index (κ2) is 5.31. The van der Waals surface area contributed by atoms with Gasteiger partial charge in [0, 0.05) is 4.48 Å². The van der Waals surface area contributed by atoms with Gasteiger partial charge in [-0.15, -0.1) is 0 Å². The zero-order valence-electron chi connectivity index (χ0n) is 3.95. The highest BCUT2D eigenvalue weighted by molar-refractivity contribution is 9.14. The smallest absolute Gasteiger partial charge is 0.309 e. The van der Waals surface area contributed by atoms with Crippen LogP contribution in [0.1, 0.15) is 0 Å². The molecule has 1 N–H and O–H groups in total. The molecule has 4 heteroatoms. The first-order valence-electron chi connectivity index (χ1n) is 1.86. The van der Waals surface area contributed by atoms with E-state index in [1.165, 1.54) is 0 Å². The van der Waals surface area contributed by atoms with Crippen LogP contribution in [0.25, 0.3) is 0 Å². The first-order chi connectivity index (χ1) is 3.81. The Morgan fingerprint density at radius 3 is 2.88 bits per heavy atom. The lowest BCUT2D eigenvalue weighted by molar-refractivity contribution is 0.545. The van der Waals surface area contributed by atoms with Gasteiger partial charge in [0.25, 0.3) is 0 Å². The molecule has 0 spiro atoms. The molecule has 0 saturated carbocycles. The highest BCUT2D eigenvalue weighted by Gasteiger charge is 1.85. The van der Waals surface area contributed by atoms with E-state index >= 15 is 0 Å². The van der Waals surface area contributed by atoms with E-state index in [4.69, 9.17) is 0 Å². The van der Waals surface area contributed by atoms with Gasteiger partial charge in [-0.3, -0.25) is 4.79 Å². The summed E-state index contributed by atoms with van der Waals surface area (Å²) in [6.45, 7) is 0.481. The van der Waals surface area contributed by atoms with E-state index in [1.807, 2.05) is 0 Å². The summed E-state index contributed by atoms with van der Waals surface area (Å²) in [5, 5.41) is 2.35. The topological polar surface area (TPSA) is 29.1 Å². The molecule has 0 fully saturated rings. The Kier molecular flexibility index (Phi) is 5.42. The van der Waals surface area contributed by atoms with Gasteiger partial charge < -0.3 is 5.32 Å². The molecule has 0 unspecified atom stereocenters. The van der Waals surface area contributed by atoms with Crippen molar-refractivity contribution < 1.29 is 4.79 Å². The quantitative estimate of drug-likeness (QED) is 0.742. The molecule has 2 nitrogen and oxygen atoms in total. The third-order valence-electron chi connectivity index (χ3n) is 0.448. The van der Waals surface area contributed by atoms with Crippen molar-refractivity contribution in [1.29, 1.82) is 0 Å². The lowest BCUT2D eigenvalue weighted by atomic mass is 10.6. The average Bonchev–Trinajstić information content (AvgIpc) is 1.83. The van der Waals surface area contributed by atoms with Crippen LogP contribution in [-0.4, -0.2) is 13.0 Å². The fourth-order valence-corrected chi connectivity index (χ4v) is 0.461. The lowest BCUT2D eigenvalue weighted by Crippen LogP contribution is -2.11. The monoisotopic (exact) mass is 240 g/mol. The van der Waals surface area contributed by atoms with Gasteiger partial charge in [-0.1, -0.05) is 31.9 Å². The molecule has 0 aliphatic heterocycles. The SMILES string of the molecule is O=[C]NC/C(Br)=C/Br.